The second-order valence-corrected chi connectivity index (χ2v) is 6.61. The molecule has 1 aromatic carbocycles. The van der Waals surface area contributed by atoms with Crippen molar-refractivity contribution in [2.75, 3.05) is 13.1 Å². The van der Waals surface area contributed by atoms with Gasteiger partial charge >= 0.3 is 0 Å². The molecule has 1 N–H and O–H groups in total. The minimum absolute atomic E-state index is 0. The second kappa shape index (κ2) is 7.83. The fraction of sp³-hybridized carbons (Fsp3) is 0.421. The van der Waals surface area contributed by atoms with E-state index < -0.39 is 6.10 Å². The van der Waals surface area contributed by atoms with Gasteiger partial charge in [0.25, 0.3) is 0 Å². The minimum atomic E-state index is -0.443. The Morgan fingerprint density at radius 2 is 2.04 bits per heavy atom. The van der Waals surface area contributed by atoms with Crippen molar-refractivity contribution >= 4 is 35.7 Å². The summed E-state index contributed by atoms with van der Waals surface area (Å²) in [5.74, 6) is 1.27. The lowest BCUT2D eigenvalue weighted by Crippen LogP contribution is -2.54. The van der Waals surface area contributed by atoms with Crippen molar-refractivity contribution in [2.24, 2.45) is 11.8 Å². The molecule has 24 heavy (non-hydrogen) atoms. The molecular formula is C19H24Cl2N2O. The average molecular weight is 367 g/mol. The van der Waals surface area contributed by atoms with E-state index in [1.165, 1.54) is 6.42 Å². The quantitative estimate of drug-likeness (QED) is 0.833. The molecule has 5 atom stereocenters. The molecule has 3 fully saturated rings. The van der Waals surface area contributed by atoms with Gasteiger partial charge in [-0.1, -0.05) is 24.3 Å². The molecule has 2 aromatic rings. The molecule has 3 nitrogen and oxygen atoms in total. The van der Waals surface area contributed by atoms with Gasteiger partial charge in [0.1, 0.15) is 0 Å². The van der Waals surface area contributed by atoms with Crippen molar-refractivity contribution in [2.45, 2.75) is 25.0 Å². The highest BCUT2D eigenvalue weighted by atomic mass is 35.5. The summed E-state index contributed by atoms with van der Waals surface area (Å²) in [5.41, 5.74) is 1.97. The molecule has 3 aliphatic heterocycles. The lowest BCUT2D eigenvalue weighted by molar-refractivity contribution is -0.0444. The second-order valence-electron chi connectivity index (χ2n) is 6.61. The molecule has 0 spiro atoms. The number of aliphatic hydroxyl groups excluding tert-OH is 1. The van der Waals surface area contributed by atoms with Crippen LogP contribution in [0.5, 0.6) is 0 Å². The van der Waals surface area contributed by atoms with Crippen LogP contribution in [0.1, 0.15) is 24.5 Å². The molecule has 0 radical (unpaired) electrons. The van der Waals surface area contributed by atoms with E-state index in [0.29, 0.717) is 11.8 Å². The zero-order valence-electron chi connectivity index (χ0n) is 13.5. The van der Waals surface area contributed by atoms with Crippen LogP contribution >= 0.6 is 24.8 Å². The van der Waals surface area contributed by atoms with Crippen molar-refractivity contribution in [3.05, 3.63) is 54.7 Å². The minimum Gasteiger partial charge on any atom is -0.387 e. The number of rotatable bonds is 3. The molecule has 0 saturated carbocycles. The summed E-state index contributed by atoms with van der Waals surface area (Å²) in [6.45, 7) is 6.11. The Balaban J connectivity index is 0.00000104. The summed E-state index contributed by atoms with van der Waals surface area (Å²) in [7, 11) is 0. The molecule has 3 saturated heterocycles. The molecule has 0 amide bonds. The van der Waals surface area contributed by atoms with Gasteiger partial charge in [0.15, 0.2) is 0 Å². The van der Waals surface area contributed by atoms with Crippen LogP contribution in [0.4, 0.5) is 0 Å². The summed E-state index contributed by atoms with van der Waals surface area (Å²) >= 11 is 0. The summed E-state index contributed by atoms with van der Waals surface area (Å²) < 4.78 is 0. The molecule has 5 rings (SSSR count). The van der Waals surface area contributed by atoms with Crippen LogP contribution in [0, 0.1) is 11.8 Å². The van der Waals surface area contributed by atoms with E-state index in [2.05, 4.69) is 28.6 Å². The van der Waals surface area contributed by atoms with E-state index in [1.807, 2.05) is 30.5 Å². The van der Waals surface area contributed by atoms with Crippen molar-refractivity contribution < 1.29 is 5.11 Å². The van der Waals surface area contributed by atoms with Gasteiger partial charge < -0.3 is 5.11 Å². The van der Waals surface area contributed by atoms with Gasteiger partial charge in [-0.05, 0) is 48.9 Å². The first-order valence-electron chi connectivity index (χ1n) is 8.16. The molecular weight excluding hydrogens is 343 g/mol. The van der Waals surface area contributed by atoms with E-state index in [-0.39, 0.29) is 30.9 Å². The third-order valence-corrected chi connectivity index (χ3v) is 5.52. The molecule has 130 valence electrons. The van der Waals surface area contributed by atoms with Gasteiger partial charge in [-0.25, -0.2) is 0 Å². The fourth-order valence-corrected chi connectivity index (χ4v) is 4.29. The zero-order valence-corrected chi connectivity index (χ0v) is 15.2. The van der Waals surface area contributed by atoms with E-state index in [4.69, 9.17) is 0 Å². The standard InChI is InChI=1S/C19H22N2O.2ClH/c1-2-13-12-21-10-8-14(13)11-18(21)19(22)16-7-9-20-17-6-4-3-5-15(16)17;;/h2-7,9,13-14,18-19,22H,1,8,10-12H2;2*1H/t13?,14?,18-,19+;;/m0../s1. The van der Waals surface area contributed by atoms with Gasteiger partial charge in [-0.3, -0.25) is 9.88 Å². The van der Waals surface area contributed by atoms with Crippen LogP contribution < -0.4 is 0 Å². The topological polar surface area (TPSA) is 36.4 Å². The van der Waals surface area contributed by atoms with Crippen LogP contribution in [0.25, 0.3) is 10.9 Å². The summed E-state index contributed by atoms with van der Waals surface area (Å²) in [6, 6.07) is 10.3. The SMILES string of the molecule is C=CC1CN2CCC1C[C@H]2[C@H](O)c1ccnc2ccccc12.Cl.Cl. The van der Waals surface area contributed by atoms with Crippen LogP contribution in [0.3, 0.4) is 0 Å². The van der Waals surface area contributed by atoms with Crippen molar-refractivity contribution in [3.63, 3.8) is 0 Å². The van der Waals surface area contributed by atoms with Gasteiger partial charge in [-0.2, -0.15) is 0 Å². The number of hydrogen-bond acceptors (Lipinski definition) is 3. The number of piperidine rings is 3. The number of nitrogens with zero attached hydrogens (tertiary/aromatic N) is 2. The number of benzene rings is 1. The molecule has 3 unspecified atom stereocenters. The number of hydrogen-bond donors (Lipinski definition) is 1. The fourth-order valence-electron chi connectivity index (χ4n) is 4.29. The number of fused-ring (bicyclic) bond motifs is 4. The predicted molar refractivity (Wildman–Crippen MR) is 103 cm³/mol. The first kappa shape index (κ1) is 19.2. The van der Waals surface area contributed by atoms with Crippen LogP contribution in [-0.4, -0.2) is 34.1 Å². The number of pyridine rings is 1. The number of halogens is 2. The van der Waals surface area contributed by atoms with E-state index in [9.17, 15) is 5.11 Å². The first-order chi connectivity index (χ1) is 10.8. The Morgan fingerprint density at radius 3 is 2.75 bits per heavy atom. The number of para-hydroxylation sites is 1. The monoisotopic (exact) mass is 366 g/mol. The van der Waals surface area contributed by atoms with Crippen LogP contribution in [-0.2, 0) is 0 Å². The lowest BCUT2D eigenvalue weighted by Gasteiger charge is -2.50. The Labute approximate surface area is 155 Å². The van der Waals surface area contributed by atoms with E-state index >= 15 is 0 Å². The zero-order chi connectivity index (χ0) is 15.1. The van der Waals surface area contributed by atoms with Gasteiger partial charge in [0.05, 0.1) is 11.6 Å². The molecule has 4 heterocycles. The predicted octanol–water partition coefficient (Wildman–Crippen LogP) is 4.01. The van der Waals surface area contributed by atoms with Crippen LogP contribution in [0.15, 0.2) is 49.2 Å². The number of aromatic nitrogens is 1. The number of aliphatic hydroxyl groups is 1. The van der Waals surface area contributed by atoms with Gasteiger partial charge in [-0.15, -0.1) is 31.4 Å². The molecule has 2 bridgehead atoms. The normalized spacial score (nSPS) is 29.4. The van der Waals surface area contributed by atoms with E-state index in [1.54, 1.807) is 0 Å². The highest BCUT2D eigenvalue weighted by molar-refractivity contribution is 5.85. The maximum absolute atomic E-state index is 11.0. The summed E-state index contributed by atoms with van der Waals surface area (Å²) in [5, 5.41) is 12.1. The molecule has 1 aromatic heterocycles. The Kier molecular flexibility index (Phi) is 6.27. The Hall–Kier alpha value is -1.13. The first-order valence-corrected chi connectivity index (χ1v) is 8.16. The third-order valence-electron chi connectivity index (χ3n) is 5.52. The molecule has 3 aliphatic rings. The Morgan fingerprint density at radius 1 is 1.25 bits per heavy atom. The average Bonchev–Trinajstić information content (AvgIpc) is 2.60. The van der Waals surface area contributed by atoms with Crippen molar-refractivity contribution in [1.82, 2.24) is 9.88 Å². The lowest BCUT2D eigenvalue weighted by atomic mass is 9.73. The van der Waals surface area contributed by atoms with Crippen molar-refractivity contribution in [1.29, 1.82) is 0 Å². The van der Waals surface area contributed by atoms with Crippen molar-refractivity contribution in [3.8, 4) is 0 Å². The highest BCUT2D eigenvalue weighted by Gasteiger charge is 2.42. The maximum Gasteiger partial charge on any atom is 0.0952 e. The van der Waals surface area contributed by atoms with Gasteiger partial charge in [0, 0.05) is 24.2 Å². The van der Waals surface area contributed by atoms with Gasteiger partial charge in [0.2, 0.25) is 0 Å². The smallest absolute Gasteiger partial charge is 0.0952 e. The highest BCUT2D eigenvalue weighted by Crippen LogP contribution is 2.41. The van der Waals surface area contributed by atoms with Crippen LogP contribution in [0.2, 0.25) is 0 Å². The maximum atomic E-state index is 11.0. The third kappa shape index (κ3) is 3.18. The Bertz CT molecular complexity index is 703. The van der Waals surface area contributed by atoms with E-state index in [0.717, 1.165) is 36.0 Å². The molecule has 5 heteroatoms. The summed E-state index contributed by atoms with van der Waals surface area (Å²) in [4.78, 5) is 6.86. The summed E-state index contributed by atoms with van der Waals surface area (Å²) in [6.07, 6.45) is 5.76. The molecule has 0 aliphatic carbocycles. The largest absolute Gasteiger partial charge is 0.387 e.